The number of aryl methyl sites for hydroxylation is 1. The van der Waals surface area contributed by atoms with Crippen molar-refractivity contribution in [3.63, 3.8) is 0 Å². The minimum atomic E-state index is 0.738. The molecule has 0 amide bonds. The van der Waals surface area contributed by atoms with Crippen LogP contribution in [0.3, 0.4) is 0 Å². The fourth-order valence-electron chi connectivity index (χ4n) is 2.87. The second-order valence-electron chi connectivity index (χ2n) is 5.44. The van der Waals surface area contributed by atoms with E-state index in [1.807, 2.05) is 0 Å². The first-order chi connectivity index (χ1) is 8.79. The molecule has 1 fully saturated rings. The maximum atomic E-state index is 5.97. The molecule has 0 radical (unpaired) electrons. The van der Waals surface area contributed by atoms with Gasteiger partial charge in [0.05, 0.1) is 0 Å². The highest BCUT2D eigenvalue weighted by Gasteiger charge is 2.20. The van der Waals surface area contributed by atoms with Crippen molar-refractivity contribution in [2.75, 3.05) is 12.4 Å². The van der Waals surface area contributed by atoms with Crippen LogP contribution in [0.5, 0.6) is 0 Å². The monoisotopic (exact) mass is 265 g/mol. The van der Waals surface area contributed by atoms with E-state index in [-0.39, 0.29) is 0 Å². The molecule has 0 atom stereocenters. The lowest BCUT2D eigenvalue weighted by atomic mass is 9.94. The van der Waals surface area contributed by atoms with E-state index in [0.29, 0.717) is 0 Å². The highest BCUT2D eigenvalue weighted by atomic mass is 35.5. The summed E-state index contributed by atoms with van der Waals surface area (Å²) in [4.78, 5) is 2.58. The predicted molar refractivity (Wildman–Crippen MR) is 79.2 cm³/mol. The van der Waals surface area contributed by atoms with Crippen LogP contribution in [0.1, 0.15) is 43.2 Å². The van der Waals surface area contributed by atoms with Crippen molar-refractivity contribution >= 4 is 11.6 Å². The zero-order chi connectivity index (χ0) is 12.8. The van der Waals surface area contributed by atoms with E-state index in [2.05, 4.69) is 36.1 Å². The average Bonchev–Trinajstić information content (AvgIpc) is 2.42. The fourth-order valence-corrected chi connectivity index (χ4v) is 3.09. The molecule has 1 aliphatic rings. The van der Waals surface area contributed by atoms with Gasteiger partial charge in [-0.1, -0.05) is 49.1 Å². The fraction of sp³-hybridized carbons (Fsp3) is 0.625. The van der Waals surface area contributed by atoms with E-state index in [1.165, 1.54) is 43.2 Å². The zero-order valence-corrected chi connectivity index (χ0v) is 12.1. The molecule has 2 rings (SSSR count). The Morgan fingerprint density at radius 2 is 1.78 bits per heavy atom. The van der Waals surface area contributed by atoms with Crippen molar-refractivity contribution in [3.8, 4) is 0 Å². The maximum Gasteiger partial charge on any atom is 0.0351 e. The number of rotatable bonds is 5. The topological polar surface area (TPSA) is 3.24 Å². The molecule has 18 heavy (non-hydrogen) atoms. The Morgan fingerprint density at radius 3 is 2.39 bits per heavy atom. The number of nitrogens with zero attached hydrogens (tertiary/aromatic N) is 1. The van der Waals surface area contributed by atoms with Gasteiger partial charge in [-0.05, 0) is 25.3 Å². The van der Waals surface area contributed by atoms with Crippen molar-refractivity contribution in [3.05, 3.63) is 35.4 Å². The molecule has 1 nitrogen and oxygen atoms in total. The summed E-state index contributed by atoms with van der Waals surface area (Å²) < 4.78 is 0. The van der Waals surface area contributed by atoms with Gasteiger partial charge in [0, 0.05) is 25.0 Å². The van der Waals surface area contributed by atoms with Gasteiger partial charge in [-0.3, -0.25) is 4.90 Å². The Kier molecular flexibility index (Phi) is 5.52. The van der Waals surface area contributed by atoms with E-state index in [1.54, 1.807) is 0 Å². The molecule has 2 heteroatoms. The molecule has 0 unspecified atom stereocenters. The Balaban J connectivity index is 1.98. The van der Waals surface area contributed by atoms with Crippen LogP contribution in [-0.4, -0.2) is 23.4 Å². The molecular formula is C16H24ClN. The standard InChI is InChI=1S/C16H24ClN/c1-14-7-9-15(10-8-14)13-18(12-11-17)16-5-3-2-4-6-16/h7-10,16H,2-6,11-13H2,1H3. The molecule has 0 aliphatic heterocycles. The summed E-state index contributed by atoms with van der Waals surface area (Å²) in [7, 11) is 0. The summed E-state index contributed by atoms with van der Waals surface area (Å²) in [5, 5.41) is 0. The minimum Gasteiger partial charge on any atom is -0.295 e. The highest BCUT2D eigenvalue weighted by Crippen LogP contribution is 2.24. The SMILES string of the molecule is Cc1ccc(CN(CCCl)C2CCCCC2)cc1. The van der Waals surface area contributed by atoms with Crippen LogP contribution >= 0.6 is 11.6 Å². The molecule has 0 heterocycles. The van der Waals surface area contributed by atoms with E-state index in [0.717, 1.165) is 25.0 Å². The molecule has 0 spiro atoms. The number of halogens is 1. The lowest BCUT2D eigenvalue weighted by Gasteiger charge is -2.34. The van der Waals surface area contributed by atoms with Crippen molar-refractivity contribution in [2.24, 2.45) is 0 Å². The van der Waals surface area contributed by atoms with Gasteiger partial charge in [0.2, 0.25) is 0 Å². The summed E-state index contributed by atoms with van der Waals surface area (Å²) in [6.07, 6.45) is 6.88. The first-order valence-electron chi connectivity index (χ1n) is 7.15. The van der Waals surface area contributed by atoms with E-state index >= 15 is 0 Å². The van der Waals surface area contributed by atoms with Crippen LogP contribution < -0.4 is 0 Å². The van der Waals surface area contributed by atoms with Gasteiger partial charge in [-0.2, -0.15) is 0 Å². The zero-order valence-electron chi connectivity index (χ0n) is 11.4. The molecule has 1 aromatic rings. The molecule has 0 N–H and O–H groups in total. The van der Waals surface area contributed by atoms with E-state index < -0.39 is 0 Å². The normalized spacial score (nSPS) is 17.3. The lowest BCUT2D eigenvalue weighted by Crippen LogP contribution is -2.37. The quantitative estimate of drug-likeness (QED) is 0.715. The van der Waals surface area contributed by atoms with Crippen LogP contribution in [0.25, 0.3) is 0 Å². The first-order valence-corrected chi connectivity index (χ1v) is 7.68. The Bertz CT molecular complexity index is 341. The van der Waals surface area contributed by atoms with Crippen LogP contribution in [0.4, 0.5) is 0 Å². The summed E-state index contributed by atoms with van der Waals surface area (Å²) in [6, 6.07) is 9.65. The molecule has 1 aliphatic carbocycles. The van der Waals surface area contributed by atoms with Gasteiger partial charge in [0.25, 0.3) is 0 Å². The average molecular weight is 266 g/mol. The third-order valence-electron chi connectivity index (χ3n) is 3.97. The molecular weight excluding hydrogens is 242 g/mol. The van der Waals surface area contributed by atoms with Crippen molar-refractivity contribution in [2.45, 2.75) is 51.6 Å². The third kappa shape index (κ3) is 4.00. The summed E-state index contributed by atoms with van der Waals surface area (Å²) >= 11 is 5.97. The van der Waals surface area contributed by atoms with E-state index in [9.17, 15) is 0 Å². The van der Waals surface area contributed by atoms with Crippen LogP contribution in [-0.2, 0) is 6.54 Å². The second kappa shape index (κ2) is 7.16. The van der Waals surface area contributed by atoms with Crippen molar-refractivity contribution in [1.82, 2.24) is 4.90 Å². The molecule has 0 bridgehead atoms. The van der Waals surface area contributed by atoms with Gasteiger partial charge < -0.3 is 0 Å². The minimum absolute atomic E-state index is 0.738. The molecule has 100 valence electrons. The Hall–Kier alpha value is -0.530. The summed E-state index contributed by atoms with van der Waals surface area (Å²) in [5.74, 6) is 0.738. The summed E-state index contributed by atoms with van der Waals surface area (Å²) in [6.45, 7) is 4.21. The number of alkyl halides is 1. The van der Waals surface area contributed by atoms with Crippen LogP contribution in [0.2, 0.25) is 0 Å². The summed E-state index contributed by atoms with van der Waals surface area (Å²) in [5.41, 5.74) is 2.75. The van der Waals surface area contributed by atoms with Gasteiger partial charge in [0.1, 0.15) is 0 Å². The Morgan fingerprint density at radius 1 is 1.11 bits per heavy atom. The third-order valence-corrected chi connectivity index (χ3v) is 4.14. The second-order valence-corrected chi connectivity index (χ2v) is 5.81. The van der Waals surface area contributed by atoms with Crippen LogP contribution in [0, 0.1) is 6.92 Å². The lowest BCUT2D eigenvalue weighted by molar-refractivity contribution is 0.157. The first kappa shape index (κ1) is 13.9. The Labute approximate surface area is 116 Å². The maximum absolute atomic E-state index is 5.97. The van der Waals surface area contributed by atoms with Gasteiger partial charge in [0.15, 0.2) is 0 Å². The highest BCUT2D eigenvalue weighted by molar-refractivity contribution is 6.18. The smallest absolute Gasteiger partial charge is 0.0351 e. The number of benzene rings is 1. The molecule has 0 aromatic heterocycles. The molecule has 1 aromatic carbocycles. The van der Waals surface area contributed by atoms with Gasteiger partial charge in [-0.15, -0.1) is 11.6 Å². The number of hydrogen-bond acceptors (Lipinski definition) is 1. The van der Waals surface area contributed by atoms with Gasteiger partial charge >= 0.3 is 0 Å². The molecule has 1 saturated carbocycles. The molecule has 0 saturated heterocycles. The van der Waals surface area contributed by atoms with Crippen molar-refractivity contribution in [1.29, 1.82) is 0 Å². The predicted octanol–water partition coefficient (Wildman–Crippen LogP) is 4.37. The van der Waals surface area contributed by atoms with Crippen molar-refractivity contribution < 1.29 is 0 Å². The largest absolute Gasteiger partial charge is 0.295 e. The van der Waals surface area contributed by atoms with E-state index in [4.69, 9.17) is 11.6 Å². The van der Waals surface area contributed by atoms with Gasteiger partial charge in [-0.25, -0.2) is 0 Å². The number of hydrogen-bond donors (Lipinski definition) is 0. The van der Waals surface area contributed by atoms with Crippen LogP contribution in [0.15, 0.2) is 24.3 Å².